The molecule has 16 heavy (non-hydrogen) atoms. The van der Waals surface area contributed by atoms with Crippen molar-refractivity contribution in [3.63, 3.8) is 0 Å². The van der Waals surface area contributed by atoms with Gasteiger partial charge in [-0.05, 0) is 55.8 Å². The van der Waals surface area contributed by atoms with Gasteiger partial charge in [-0.2, -0.15) is 0 Å². The molecule has 3 aliphatic rings. The van der Waals surface area contributed by atoms with E-state index >= 15 is 0 Å². The molecule has 3 unspecified atom stereocenters. The van der Waals surface area contributed by atoms with Crippen molar-refractivity contribution < 1.29 is 0 Å². The Bertz CT molecular complexity index is 220. The molecule has 0 heterocycles. The smallest absolute Gasteiger partial charge is 0.0176 e. The average Bonchev–Trinajstić information content (AvgIpc) is 2.29. The summed E-state index contributed by atoms with van der Waals surface area (Å²) in [6.07, 6.45) is 18.4. The summed E-state index contributed by atoms with van der Waals surface area (Å²) < 4.78 is 0. The number of hydrogen-bond acceptors (Lipinski definition) is 0. The van der Waals surface area contributed by atoms with Crippen molar-refractivity contribution in [3.8, 4) is 0 Å². The van der Waals surface area contributed by atoms with E-state index in [2.05, 4.69) is 5.92 Å². The van der Waals surface area contributed by atoms with E-state index in [1.54, 1.807) is 32.1 Å². The third-order valence-electron chi connectivity index (χ3n) is 5.56. The van der Waals surface area contributed by atoms with E-state index in [-0.39, 0.29) is 0 Å². The van der Waals surface area contributed by atoms with Gasteiger partial charge in [0.2, 0.25) is 0 Å². The Balaban J connectivity index is 1.71. The van der Waals surface area contributed by atoms with Gasteiger partial charge < -0.3 is 0 Å². The minimum atomic E-state index is 1.06. The summed E-state index contributed by atoms with van der Waals surface area (Å²) in [5.41, 5.74) is 0. The zero-order valence-electron chi connectivity index (χ0n) is 10.7. The van der Waals surface area contributed by atoms with Gasteiger partial charge in [0.05, 0.1) is 0 Å². The Morgan fingerprint density at radius 2 is 1.44 bits per heavy atom. The topological polar surface area (TPSA) is 0 Å². The van der Waals surface area contributed by atoms with Gasteiger partial charge in [0, 0.05) is 0 Å². The monoisotopic (exact) mass is 219 g/mol. The SMILES string of the molecule is C1CCCC2CCC3CCCCC3[C]2CC1. The maximum Gasteiger partial charge on any atom is -0.0176 e. The van der Waals surface area contributed by atoms with E-state index in [4.69, 9.17) is 0 Å². The highest BCUT2D eigenvalue weighted by Crippen LogP contribution is 2.51. The van der Waals surface area contributed by atoms with Crippen LogP contribution in [0.15, 0.2) is 0 Å². The molecule has 0 nitrogen and oxygen atoms in total. The lowest BCUT2D eigenvalue weighted by Gasteiger charge is -2.46. The zero-order chi connectivity index (χ0) is 10.8. The van der Waals surface area contributed by atoms with Crippen molar-refractivity contribution >= 4 is 0 Å². The van der Waals surface area contributed by atoms with Crippen LogP contribution < -0.4 is 0 Å². The molecule has 0 saturated heterocycles. The maximum atomic E-state index is 2.05. The molecule has 0 bridgehead atoms. The molecule has 0 N–H and O–H groups in total. The Kier molecular flexibility index (Phi) is 3.54. The van der Waals surface area contributed by atoms with E-state index in [9.17, 15) is 0 Å². The second-order valence-corrected chi connectivity index (χ2v) is 6.45. The second kappa shape index (κ2) is 5.10. The lowest BCUT2D eigenvalue weighted by molar-refractivity contribution is 0.139. The highest BCUT2D eigenvalue weighted by Gasteiger charge is 2.40. The Hall–Kier alpha value is 0. The largest absolute Gasteiger partial charge is 0.0533 e. The highest BCUT2D eigenvalue weighted by molar-refractivity contribution is 5.08. The summed E-state index contributed by atoms with van der Waals surface area (Å²) in [7, 11) is 0. The fourth-order valence-corrected chi connectivity index (χ4v) is 4.74. The van der Waals surface area contributed by atoms with E-state index in [1.165, 1.54) is 44.9 Å². The van der Waals surface area contributed by atoms with Gasteiger partial charge in [-0.25, -0.2) is 0 Å². The lowest BCUT2D eigenvalue weighted by Crippen LogP contribution is -2.35. The van der Waals surface area contributed by atoms with Crippen LogP contribution in [0.1, 0.15) is 77.0 Å². The van der Waals surface area contributed by atoms with Crippen molar-refractivity contribution in [2.45, 2.75) is 77.0 Å². The summed E-state index contributed by atoms with van der Waals surface area (Å²) in [4.78, 5) is 0. The van der Waals surface area contributed by atoms with Crippen LogP contribution in [0.3, 0.4) is 0 Å². The molecule has 1 radical (unpaired) electrons. The molecule has 3 aliphatic carbocycles. The fraction of sp³-hybridized carbons (Fsp3) is 0.938. The standard InChI is InChI=1S/C16H27/c1-2-4-9-15-13(7-3-1)11-12-14-8-5-6-10-16(14)15/h13-14,16H,1-12H2. The first-order valence-electron chi connectivity index (χ1n) is 7.81. The van der Waals surface area contributed by atoms with Gasteiger partial charge in [-0.1, -0.05) is 44.9 Å². The van der Waals surface area contributed by atoms with Crippen molar-refractivity contribution in [2.24, 2.45) is 17.8 Å². The minimum Gasteiger partial charge on any atom is -0.0533 e. The van der Waals surface area contributed by atoms with Crippen LogP contribution in [-0.4, -0.2) is 0 Å². The fourth-order valence-electron chi connectivity index (χ4n) is 4.74. The van der Waals surface area contributed by atoms with E-state index in [0.717, 1.165) is 17.8 Å². The van der Waals surface area contributed by atoms with Gasteiger partial charge in [0.1, 0.15) is 0 Å². The minimum absolute atomic E-state index is 1.06. The van der Waals surface area contributed by atoms with Gasteiger partial charge in [-0.3, -0.25) is 0 Å². The molecular formula is C16H27. The van der Waals surface area contributed by atoms with Crippen LogP contribution >= 0.6 is 0 Å². The van der Waals surface area contributed by atoms with E-state index in [1.807, 2.05) is 0 Å². The van der Waals surface area contributed by atoms with Crippen molar-refractivity contribution in [1.82, 2.24) is 0 Å². The molecule has 3 fully saturated rings. The van der Waals surface area contributed by atoms with Crippen LogP contribution in [0.25, 0.3) is 0 Å². The van der Waals surface area contributed by atoms with Crippen LogP contribution in [0, 0.1) is 23.7 Å². The summed E-state index contributed by atoms with van der Waals surface area (Å²) in [5.74, 6) is 5.29. The summed E-state index contributed by atoms with van der Waals surface area (Å²) in [5, 5.41) is 0. The van der Waals surface area contributed by atoms with Crippen LogP contribution in [0.2, 0.25) is 0 Å². The molecule has 3 rings (SSSR count). The Labute approximate surface area is 101 Å². The molecule has 0 aromatic heterocycles. The quantitative estimate of drug-likeness (QED) is 0.529. The Morgan fingerprint density at radius 1 is 0.625 bits per heavy atom. The molecule has 0 aromatic carbocycles. The van der Waals surface area contributed by atoms with Crippen molar-refractivity contribution in [2.75, 3.05) is 0 Å². The van der Waals surface area contributed by atoms with Gasteiger partial charge in [0.25, 0.3) is 0 Å². The molecule has 0 aromatic rings. The summed E-state index contributed by atoms with van der Waals surface area (Å²) in [6, 6.07) is 0. The molecule has 91 valence electrons. The molecule has 3 saturated carbocycles. The number of fused-ring (bicyclic) bond motifs is 3. The van der Waals surface area contributed by atoms with Crippen LogP contribution in [0.4, 0.5) is 0 Å². The number of hydrogen-bond donors (Lipinski definition) is 0. The first kappa shape index (κ1) is 11.1. The van der Waals surface area contributed by atoms with Gasteiger partial charge in [0.15, 0.2) is 0 Å². The van der Waals surface area contributed by atoms with Crippen LogP contribution in [0.5, 0.6) is 0 Å². The molecular weight excluding hydrogens is 192 g/mol. The van der Waals surface area contributed by atoms with Crippen molar-refractivity contribution in [1.29, 1.82) is 0 Å². The third-order valence-corrected chi connectivity index (χ3v) is 5.56. The molecule has 0 amide bonds. The second-order valence-electron chi connectivity index (χ2n) is 6.45. The molecule has 0 spiro atoms. The maximum absolute atomic E-state index is 2.05. The first-order chi connectivity index (χ1) is 7.95. The number of rotatable bonds is 0. The third kappa shape index (κ3) is 2.17. The predicted molar refractivity (Wildman–Crippen MR) is 69.1 cm³/mol. The normalized spacial score (nSPS) is 41.6. The summed E-state index contributed by atoms with van der Waals surface area (Å²) >= 11 is 0. The van der Waals surface area contributed by atoms with Crippen molar-refractivity contribution in [3.05, 3.63) is 5.92 Å². The Morgan fingerprint density at radius 3 is 2.44 bits per heavy atom. The summed E-state index contributed by atoms with van der Waals surface area (Å²) in [6.45, 7) is 0. The highest BCUT2D eigenvalue weighted by atomic mass is 14.4. The zero-order valence-corrected chi connectivity index (χ0v) is 10.7. The molecule has 0 heteroatoms. The molecule has 3 atom stereocenters. The average molecular weight is 219 g/mol. The first-order valence-corrected chi connectivity index (χ1v) is 7.81. The van der Waals surface area contributed by atoms with Gasteiger partial charge in [-0.15, -0.1) is 0 Å². The van der Waals surface area contributed by atoms with E-state index < -0.39 is 0 Å². The van der Waals surface area contributed by atoms with Crippen LogP contribution in [-0.2, 0) is 0 Å². The van der Waals surface area contributed by atoms with E-state index in [0.29, 0.717) is 0 Å². The van der Waals surface area contributed by atoms with Gasteiger partial charge >= 0.3 is 0 Å². The predicted octanol–water partition coefficient (Wildman–Crippen LogP) is 5.13. The lowest BCUT2D eigenvalue weighted by atomic mass is 9.59. The molecule has 0 aliphatic heterocycles.